The van der Waals surface area contributed by atoms with Gasteiger partial charge in [0.2, 0.25) is 0 Å². The first-order valence-corrected chi connectivity index (χ1v) is 9.79. The molecule has 1 fully saturated rings. The molecule has 1 aliphatic rings. The molecule has 1 aliphatic heterocycles. The Morgan fingerprint density at radius 2 is 1.97 bits per heavy atom. The van der Waals surface area contributed by atoms with Gasteiger partial charge in [0, 0.05) is 48.5 Å². The normalized spacial score (nSPS) is 16.1. The van der Waals surface area contributed by atoms with E-state index in [9.17, 15) is 23.1 Å². The Morgan fingerprint density at radius 1 is 1.19 bits per heavy atom. The van der Waals surface area contributed by atoms with Crippen molar-refractivity contribution in [2.75, 3.05) is 23.3 Å². The van der Waals surface area contributed by atoms with Crippen molar-refractivity contribution in [3.05, 3.63) is 66.6 Å². The van der Waals surface area contributed by atoms with Crippen molar-refractivity contribution in [1.82, 2.24) is 9.97 Å². The van der Waals surface area contributed by atoms with Crippen LogP contribution in [0.1, 0.15) is 16.8 Å². The van der Waals surface area contributed by atoms with Crippen LogP contribution in [0, 0.1) is 0 Å². The summed E-state index contributed by atoms with van der Waals surface area (Å²) in [4.78, 5) is 23.3. The van der Waals surface area contributed by atoms with Gasteiger partial charge in [0.1, 0.15) is 11.6 Å². The number of nitrogens with zero attached hydrogens (tertiary/aromatic N) is 3. The smallest absolute Gasteiger partial charge is 0.406 e. The molecule has 1 saturated heterocycles. The number of hydrogen-bond donors (Lipinski definition) is 2. The molecule has 2 N–H and O–H groups in total. The minimum atomic E-state index is -4.79. The predicted molar refractivity (Wildman–Crippen MR) is 111 cm³/mol. The number of aromatic nitrogens is 2. The van der Waals surface area contributed by atoms with Crippen LogP contribution in [-0.2, 0) is 0 Å². The molecule has 3 aromatic rings. The second kappa shape index (κ2) is 8.83. The molecule has 10 heteroatoms. The summed E-state index contributed by atoms with van der Waals surface area (Å²) in [7, 11) is 0. The van der Waals surface area contributed by atoms with Crippen LogP contribution in [0.5, 0.6) is 5.75 Å². The summed E-state index contributed by atoms with van der Waals surface area (Å²) in [6.45, 7) is 1.08. The van der Waals surface area contributed by atoms with Crippen LogP contribution < -0.4 is 15.0 Å². The van der Waals surface area contributed by atoms with Gasteiger partial charge in [-0.15, -0.1) is 13.2 Å². The molecule has 0 bridgehead atoms. The molecule has 1 amide bonds. The highest BCUT2D eigenvalue weighted by Crippen LogP contribution is 2.32. The van der Waals surface area contributed by atoms with Gasteiger partial charge in [-0.3, -0.25) is 9.78 Å². The topological polar surface area (TPSA) is 87.6 Å². The number of benzene rings is 1. The van der Waals surface area contributed by atoms with Gasteiger partial charge in [0.15, 0.2) is 0 Å². The summed E-state index contributed by atoms with van der Waals surface area (Å²) in [6.07, 6.45) is 0.130. The number of halogens is 3. The van der Waals surface area contributed by atoms with Gasteiger partial charge in [-0.05, 0) is 42.8 Å². The lowest BCUT2D eigenvalue weighted by Gasteiger charge is -2.21. The van der Waals surface area contributed by atoms with Gasteiger partial charge in [0.25, 0.3) is 5.91 Å². The van der Waals surface area contributed by atoms with E-state index in [0.717, 1.165) is 17.7 Å². The summed E-state index contributed by atoms with van der Waals surface area (Å²) < 4.78 is 40.7. The number of nitrogens with one attached hydrogen (secondary N) is 1. The molecule has 32 heavy (non-hydrogen) atoms. The Balaban J connectivity index is 1.57. The van der Waals surface area contributed by atoms with E-state index >= 15 is 0 Å². The number of β-amino-alcohol motifs (C(OH)–C–C–N with tert-alkyl or cyclic N) is 1. The highest BCUT2D eigenvalue weighted by molar-refractivity contribution is 6.05. The summed E-state index contributed by atoms with van der Waals surface area (Å²) in [5.74, 6) is -0.215. The van der Waals surface area contributed by atoms with Crippen molar-refractivity contribution >= 4 is 17.4 Å². The van der Waals surface area contributed by atoms with E-state index in [1.54, 1.807) is 24.5 Å². The first-order valence-electron chi connectivity index (χ1n) is 9.79. The van der Waals surface area contributed by atoms with Gasteiger partial charge in [-0.25, -0.2) is 4.98 Å². The van der Waals surface area contributed by atoms with Crippen LogP contribution in [-0.4, -0.2) is 46.5 Å². The SMILES string of the molecule is O=C(Nc1ccc(OC(F)(F)F)cc1)c1cnc(N2CCC(O)C2)c(-c2cccnc2)c1. The number of aliphatic hydroxyl groups excluding tert-OH is 1. The molecule has 0 radical (unpaired) electrons. The Kier molecular flexibility index (Phi) is 5.95. The molecule has 4 rings (SSSR count). The maximum absolute atomic E-state index is 12.8. The summed E-state index contributed by atoms with van der Waals surface area (Å²) >= 11 is 0. The van der Waals surface area contributed by atoms with E-state index in [-0.39, 0.29) is 11.3 Å². The average molecular weight is 444 g/mol. The van der Waals surface area contributed by atoms with E-state index < -0.39 is 18.4 Å². The van der Waals surface area contributed by atoms with E-state index in [1.807, 2.05) is 11.0 Å². The molecule has 2 aromatic heterocycles. The molecule has 0 spiro atoms. The second-order valence-corrected chi connectivity index (χ2v) is 7.25. The lowest BCUT2D eigenvalue weighted by Crippen LogP contribution is -2.23. The summed E-state index contributed by atoms with van der Waals surface area (Å²) in [5, 5.41) is 12.5. The number of pyridine rings is 2. The highest BCUT2D eigenvalue weighted by Gasteiger charge is 2.31. The van der Waals surface area contributed by atoms with Crippen LogP contribution in [0.15, 0.2) is 61.1 Å². The number of amides is 1. The number of carbonyl (C=O) groups excluding carboxylic acids is 1. The Morgan fingerprint density at radius 3 is 2.59 bits per heavy atom. The molecular weight excluding hydrogens is 425 g/mol. The number of anilines is 2. The van der Waals surface area contributed by atoms with Gasteiger partial charge in [0.05, 0.1) is 11.7 Å². The maximum Gasteiger partial charge on any atom is 0.573 e. The van der Waals surface area contributed by atoms with Crippen molar-refractivity contribution < 1.29 is 27.8 Å². The second-order valence-electron chi connectivity index (χ2n) is 7.25. The first-order chi connectivity index (χ1) is 15.3. The third-order valence-corrected chi connectivity index (χ3v) is 4.91. The Hall–Kier alpha value is -3.66. The number of carbonyl (C=O) groups is 1. The number of rotatable bonds is 5. The fraction of sp³-hybridized carbons (Fsp3) is 0.227. The van der Waals surface area contributed by atoms with Gasteiger partial charge >= 0.3 is 6.36 Å². The van der Waals surface area contributed by atoms with Gasteiger partial charge in [-0.1, -0.05) is 6.07 Å². The zero-order valence-electron chi connectivity index (χ0n) is 16.7. The van der Waals surface area contributed by atoms with Gasteiger partial charge in [-0.2, -0.15) is 0 Å². The number of aliphatic hydroxyl groups is 1. The standard InChI is InChI=1S/C22H19F3N4O3/c23-22(24,25)32-18-5-3-16(4-6-18)28-21(31)15-10-19(14-2-1-8-26-11-14)20(27-12-15)29-9-7-17(30)13-29/h1-6,8,10-12,17,30H,7,9,13H2,(H,28,31). The number of ether oxygens (including phenoxy) is 1. The first kappa shape index (κ1) is 21.6. The van der Waals surface area contributed by atoms with E-state index in [4.69, 9.17) is 0 Å². The van der Waals surface area contributed by atoms with E-state index in [2.05, 4.69) is 20.0 Å². The molecule has 0 saturated carbocycles. The minimum Gasteiger partial charge on any atom is -0.406 e. The fourth-order valence-electron chi connectivity index (χ4n) is 3.45. The largest absolute Gasteiger partial charge is 0.573 e. The van der Waals surface area contributed by atoms with Crippen LogP contribution in [0.25, 0.3) is 11.1 Å². The summed E-state index contributed by atoms with van der Waals surface area (Å²) in [5.41, 5.74) is 2.02. The van der Waals surface area contributed by atoms with Crippen LogP contribution in [0.2, 0.25) is 0 Å². The Labute approximate surface area is 181 Å². The van der Waals surface area contributed by atoms with Crippen LogP contribution >= 0.6 is 0 Å². The van der Waals surface area contributed by atoms with E-state index in [0.29, 0.717) is 36.6 Å². The lowest BCUT2D eigenvalue weighted by atomic mass is 10.1. The molecular formula is C22H19F3N4O3. The monoisotopic (exact) mass is 444 g/mol. The molecule has 1 aromatic carbocycles. The maximum atomic E-state index is 12.8. The quantitative estimate of drug-likeness (QED) is 0.621. The fourth-order valence-corrected chi connectivity index (χ4v) is 3.45. The number of alkyl halides is 3. The Bertz CT molecular complexity index is 1090. The molecule has 166 valence electrons. The summed E-state index contributed by atoms with van der Waals surface area (Å²) in [6, 6.07) is 10.2. The zero-order valence-corrected chi connectivity index (χ0v) is 16.7. The molecule has 0 aliphatic carbocycles. The van der Waals surface area contributed by atoms with Crippen molar-refractivity contribution in [3.8, 4) is 16.9 Å². The molecule has 7 nitrogen and oxygen atoms in total. The van der Waals surface area contributed by atoms with Crippen LogP contribution in [0.3, 0.4) is 0 Å². The third-order valence-electron chi connectivity index (χ3n) is 4.91. The van der Waals surface area contributed by atoms with Crippen molar-refractivity contribution in [2.24, 2.45) is 0 Å². The van der Waals surface area contributed by atoms with Crippen molar-refractivity contribution in [1.29, 1.82) is 0 Å². The van der Waals surface area contributed by atoms with Gasteiger partial charge < -0.3 is 20.1 Å². The van der Waals surface area contributed by atoms with Crippen molar-refractivity contribution in [2.45, 2.75) is 18.9 Å². The predicted octanol–water partition coefficient (Wildman–Crippen LogP) is 3.87. The minimum absolute atomic E-state index is 0.267. The molecule has 1 atom stereocenters. The number of hydrogen-bond acceptors (Lipinski definition) is 6. The highest BCUT2D eigenvalue weighted by atomic mass is 19.4. The lowest BCUT2D eigenvalue weighted by molar-refractivity contribution is -0.274. The average Bonchev–Trinajstić information content (AvgIpc) is 3.20. The zero-order chi connectivity index (χ0) is 22.7. The molecule has 1 unspecified atom stereocenters. The van der Waals surface area contributed by atoms with E-state index in [1.165, 1.54) is 18.3 Å². The van der Waals surface area contributed by atoms with Crippen molar-refractivity contribution in [3.63, 3.8) is 0 Å². The van der Waals surface area contributed by atoms with Crippen LogP contribution in [0.4, 0.5) is 24.7 Å². The third kappa shape index (κ3) is 5.14. The molecule has 3 heterocycles.